The Balaban J connectivity index is 2.89. The van der Waals surface area contributed by atoms with Gasteiger partial charge in [0.1, 0.15) is 0 Å². The van der Waals surface area contributed by atoms with Crippen molar-refractivity contribution in [1.82, 2.24) is 10.9 Å². The predicted molar refractivity (Wildman–Crippen MR) is 66.8 cm³/mol. The van der Waals surface area contributed by atoms with Crippen LogP contribution in [0.3, 0.4) is 0 Å². The van der Waals surface area contributed by atoms with Gasteiger partial charge in [0.25, 0.3) is 0 Å². The quantitative estimate of drug-likeness (QED) is 0.737. The summed E-state index contributed by atoms with van der Waals surface area (Å²) < 4.78 is 15.7. The van der Waals surface area contributed by atoms with Crippen LogP contribution < -0.4 is 25.1 Å². The molecule has 1 amide bonds. The molecule has 0 saturated heterocycles. The highest BCUT2D eigenvalue weighted by molar-refractivity contribution is 5.72. The number of hydrazine groups is 1. The Morgan fingerprint density at radius 3 is 2.06 bits per heavy atom. The van der Waals surface area contributed by atoms with Crippen molar-refractivity contribution >= 4 is 5.91 Å². The molecule has 2 N–H and O–H groups in total. The molecule has 6 heteroatoms. The van der Waals surface area contributed by atoms with E-state index in [0.717, 1.165) is 5.56 Å². The lowest BCUT2D eigenvalue weighted by molar-refractivity contribution is -0.119. The minimum Gasteiger partial charge on any atom is -0.493 e. The van der Waals surface area contributed by atoms with E-state index in [4.69, 9.17) is 14.2 Å². The number of hydrogen-bond acceptors (Lipinski definition) is 5. The lowest BCUT2D eigenvalue weighted by atomic mass is 10.2. The van der Waals surface area contributed by atoms with E-state index in [9.17, 15) is 4.79 Å². The molecule has 0 fully saturated rings. The number of carbonyl (C=O) groups is 1. The molecular formula is C12H18N2O4. The van der Waals surface area contributed by atoms with Gasteiger partial charge in [0.15, 0.2) is 11.5 Å². The summed E-state index contributed by atoms with van der Waals surface area (Å²) in [5.74, 6) is 1.55. The lowest BCUT2D eigenvalue weighted by Gasteiger charge is -2.14. The summed E-state index contributed by atoms with van der Waals surface area (Å²) in [5.41, 5.74) is 6.19. The van der Waals surface area contributed by atoms with Crippen LogP contribution in [0.25, 0.3) is 0 Å². The average Bonchev–Trinajstić information content (AvgIpc) is 2.36. The first-order valence-electron chi connectivity index (χ1n) is 5.40. The molecule has 1 rings (SSSR count). The molecule has 0 unspecified atom stereocenters. The number of nitrogens with one attached hydrogen (secondary N) is 2. The Kier molecular flexibility index (Phi) is 5.26. The maximum Gasteiger partial charge on any atom is 0.230 e. The van der Waals surface area contributed by atoms with Crippen molar-refractivity contribution in [1.29, 1.82) is 0 Å². The number of rotatable bonds is 6. The summed E-state index contributed by atoms with van der Waals surface area (Å²) in [6.45, 7) is 1.89. The first kappa shape index (κ1) is 14.1. The topological polar surface area (TPSA) is 68.8 Å². The smallest absolute Gasteiger partial charge is 0.230 e. The van der Waals surface area contributed by atoms with Crippen molar-refractivity contribution in [2.24, 2.45) is 0 Å². The van der Waals surface area contributed by atoms with Crippen LogP contribution in [0.5, 0.6) is 17.2 Å². The largest absolute Gasteiger partial charge is 0.493 e. The summed E-state index contributed by atoms with van der Waals surface area (Å²) in [5, 5.41) is 0. The van der Waals surface area contributed by atoms with E-state index in [2.05, 4.69) is 10.9 Å². The molecule has 1 aromatic carbocycles. The van der Waals surface area contributed by atoms with Crippen molar-refractivity contribution < 1.29 is 19.0 Å². The minimum atomic E-state index is -0.151. The standard InChI is InChI=1S/C12H18N2O4/c1-8(15)14-13-7-9-5-10(16-2)12(18-4)11(6-9)17-3/h5-6,13H,7H2,1-4H3,(H,14,15). The third-order valence-electron chi connectivity index (χ3n) is 2.28. The van der Waals surface area contributed by atoms with E-state index in [1.807, 2.05) is 12.1 Å². The first-order chi connectivity index (χ1) is 8.62. The molecular weight excluding hydrogens is 236 g/mol. The van der Waals surface area contributed by atoms with Crippen LogP contribution in [-0.4, -0.2) is 27.2 Å². The molecule has 0 aliphatic rings. The van der Waals surface area contributed by atoms with Gasteiger partial charge in [-0.15, -0.1) is 0 Å². The maximum atomic E-state index is 10.7. The molecule has 0 aromatic heterocycles. The zero-order chi connectivity index (χ0) is 13.5. The summed E-state index contributed by atoms with van der Waals surface area (Å²) in [7, 11) is 4.67. The van der Waals surface area contributed by atoms with Gasteiger partial charge in [-0.3, -0.25) is 10.2 Å². The van der Waals surface area contributed by atoms with E-state index in [1.165, 1.54) is 6.92 Å². The van der Waals surface area contributed by atoms with Gasteiger partial charge < -0.3 is 14.2 Å². The molecule has 0 radical (unpaired) electrons. The Hall–Kier alpha value is -1.95. The minimum absolute atomic E-state index is 0.151. The number of ether oxygens (including phenoxy) is 3. The van der Waals surface area contributed by atoms with Crippen LogP contribution >= 0.6 is 0 Å². The molecule has 1 aromatic rings. The van der Waals surface area contributed by atoms with E-state index in [1.54, 1.807) is 21.3 Å². The van der Waals surface area contributed by atoms with E-state index in [0.29, 0.717) is 23.8 Å². The highest BCUT2D eigenvalue weighted by Gasteiger charge is 2.12. The lowest BCUT2D eigenvalue weighted by Crippen LogP contribution is -2.34. The number of benzene rings is 1. The third-order valence-corrected chi connectivity index (χ3v) is 2.28. The van der Waals surface area contributed by atoms with Crippen LogP contribution in [-0.2, 0) is 11.3 Å². The Bertz CT molecular complexity index is 396. The second-order valence-corrected chi connectivity index (χ2v) is 3.57. The van der Waals surface area contributed by atoms with Crippen LogP contribution in [0.15, 0.2) is 12.1 Å². The molecule has 100 valence electrons. The normalized spacial score (nSPS) is 9.78. The maximum absolute atomic E-state index is 10.7. The molecule has 0 saturated carbocycles. The molecule has 18 heavy (non-hydrogen) atoms. The summed E-state index contributed by atoms with van der Waals surface area (Å²) in [6, 6.07) is 3.63. The van der Waals surface area contributed by atoms with Crippen molar-refractivity contribution in [2.75, 3.05) is 21.3 Å². The monoisotopic (exact) mass is 254 g/mol. The predicted octanol–water partition coefficient (Wildman–Crippen LogP) is 0.853. The third kappa shape index (κ3) is 3.53. The zero-order valence-corrected chi connectivity index (χ0v) is 11.0. The highest BCUT2D eigenvalue weighted by atomic mass is 16.5. The Labute approximate surface area is 106 Å². The second kappa shape index (κ2) is 6.70. The van der Waals surface area contributed by atoms with Gasteiger partial charge in [-0.25, -0.2) is 5.43 Å². The zero-order valence-electron chi connectivity index (χ0n) is 11.0. The fourth-order valence-corrected chi connectivity index (χ4v) is 1.51. The molecule has 0 aliphatic heterocycles. The first-order valence-corrected chi connectivity index (χ1v) is 5.40. The molecule has 0 atom stereocenters. The summed E-state index contributed by atoms with van der Waals surface area (Å²) >= 11 is 0. The number of methoxy groups -OCH3 is 3. The van der Waals surface area contributed by atoms with Crippen molar-refractivity contribution in [3.63, 3.8) is 0 Å². The molecule has 0 spiro atoms. The second-order valence-electron chi connectivity index (χ2n) is 3.57. The average molecular weight is 254 g/mol. The van der Waals surface area contributed by atoms with Gasteiger partial charge in [0, 0.05) is 13.5 Å². The van der Waals surface area contributed by atoms with Gasteiger partial charge in [-0.1, -0.05) is 0 Å². The number of carbonyl (C=O) groups excluding carboxylic acids is 1. The van der Waals surface area contributed by atoms with E-state index in [-0.39, 0.29) is 5.91 Å². The van der Waals surface area contributed by atoms with E-state index >= 15 is 0 Å². The molecule has 6 nitrogen and oxygen atoms in total. The van der Waals surface area contributed by atoms with E-state index < -0.39 is 0 Å². The van der Waals surface area contributed by atoms with Gasteiger partial charge >= 0.3 is 0 Å². The summed E-state index contributed by atoms with van der Waals surface area (Å²) in [4.78, 5) is 10.7. The number of amides is 1. The van der Waals surface area contributed by atoms with Crippen LogP contribution in [0.1, 0.15) is 12.5 Å². The molecule has 0 heterocycles. The van der Waals surface area contributed by atoms with Crippen molar-refractivity contribution in [2.45, 2.75) is 13.5 Å². The van der Waals surface area contributed by atoms with Crippen LogP contribution in [0.2, 0.25) is 0 Å². The molecule has 0 bridgehead atoms. The Morgan fingerprint density at radius 1 is 1.11 bits per heavy atom. The highest BCUT2D eigenvalue weighted by Crippen LogP contribution is 2.38. The molecule has 0 aliphatic carbocycles. The van der Waals surface area contributed by atoms with Crippen molar-refractivity contribution in [3.8, 4) is 17.2 Å². The van der Waals surface area contributed by atoms with Crippen LogP contribution in [0.4, 0.5) is 0 Å². The van der Waals surface area contributed by atoms with Gasteiger partial charge in [0.2, 0.25) is 11.7 Å². The van der Waals surface area contributed by atoms with Gasteiger partial charge in [-0.2, -0.15) is 0 Å². The fourth-order valence-electron chi connectivity index (χ4n) is 1.51. The Morgan fingerprint density at radius 2 is 1.67 bits per heavy atom. The summed E-state index contributed by atoms with van der Waals surface area (Å²) in [6.07, 6.45) is 0. The van der Waals surface area contributed by atoms with Gasteiger partial charge in [-0.05, 0) is 17.7 Å². The van der Waals surface area contributed by atoms with Crippen LogP contribution in [0, 0.1) is 0 Å². The fraction of sp³-hybridized carbons (Fsp3) is 0.417. The van der Waals surface area contributed by atoms with Crippen molar-refractivity contribution in [3.05, 3.63) is 17.7 Å². The van der Waals surface area contributed by atoms with Gasteiger partial charge in [0.05, 0.1) is 21.3 Å². The number of hydrogen-bond donors (Lipinski definition) is 2. The SMILES string of the molecule is COc1cc(CNNC(C)=O)cc(OC)c1OC.